The van der Waals surface area contributed by atoms with Crippen LogP contribution in [0.5, 0.6) is 0 Å². The van der Waals surface area contributed by atoms with Gasteiger partial charge in [-0.2, -0.15) is 0 Å². The lowest BCUT2D eigenvalue weighted by atomic mass is 9.97. The van der Waals surface area contributed by atoms with Crippen molar-refractivity contribution in [3.63, 3.8) is 0 Å². The number of pyridine rings is 1. The smallest absolute Gasteiger partial charge is 0.254 e. The number of aromatic nitrogens is 1. The fourth-order valence-electron chi connectivity index (χ4n) is 4.74. The Bertz CT molecular complexity index is 818. The van der Waals surface area contributed by atoms with E-state index in [4.69, 9.17) is 4.98 Å². The summed E-state index contributed by atoms with van der Waals surface area (Å²) >= 11 is 0. The monoisotopic (exact) mass is 365 g/mol. The molecule has 4 rings (SSSR count). The third kappa shape index (κ3) is 3.67. The lowest BCUT2D eigenvalue weighted by molar-refractivity contribution is 0.0610. The number of fused-ring (bicyclic) bond motifs is 1. The number of nitrogens with zero attached hydrogens (tertiary/aromatic N) is 3. The zero-order valence-corrected chi connectivity index (χ0v) is 16.7. The Balaban J connectivity index is 1.75. The number of carbonyl (C=O) groups excluding carboxylic acids is 1. The second-order valence-electron chi connectivity index (χ2n) is 8.29. The number of hydrogen-bond acceptors (Lipinski definition) is 3. The maximum absolute atomic E-state index is 13.6. The van der Waals surface area contributed by atoms with E-state index in [9.17, 15) is 4.79 Å². The quantitative estimate of drug-likeness (QED) is 0.778. The van der Waals surface area contributed by atoms with Crippen LogP contribution in [0.25, 0.3) is 10.9 Å². The van der Waals surface area contributed by atoms with Crippen LogP contribution in [0.2, 0.25) is 0 Å². The molecule has 2 saturated heterocycles. The number of para-hydroxylation sites is 1. The molecule has 2 aromatic rings. The third-order valence-corrected chi connectivity index (χ3v) is 6.27. The first-order valence-electron chi connectivity index (χ1n) is 10.6. The summed E-state index contributed by atoms with van der Waals surface area (Å²) < 4.78 is 0. The number of amides is 1. The van der Waals surface area contributed by atoms with Crippen LogP contribution in [0.1, 0.15) is 62.7 Å². The molecule has 2 fully saturated rings. The number of rotatable bonds is 3. The largest absolute Gasteiger partial charge is 0.356 e. The van der Waals surface area contributed by atoms with E-state index in [0.29, 0.717) is 12.0 Å². The van der Waals surface area contributed by atoms with E-state index in [-0.39, 0.29) is 5.91 Å². The van der Waals surface area contributed by atoms with E-state index in [1.165, 1.54) is 19.3 Å². The molecule has 4 heteroatoms. The van der Waals surface area contributed by atoms with Crippen molar-refractivity contribution in [2.45, 2.75) is 58.4 Å². The van der Waals surface area contributed by atoms with E-state index in [0.717, 1.165) is 61.2 Å². The third-order valence-electron chi connectivity index (χ3n) is 6.27. The van der Waals surface area contributed by atoms with Crippen LogP contribution in [0, 0.1) is 5.92 Å². The van der Waals surface area contributed by atoms with Crippen molar-refractivity contribution >= 4 is 22.6 Å². The van der Waals surface area contributed by atoms with Gasteiger partial charge in [0.15, 0.2) is 0 Å². The summed E-state index contributed by atoms with van der Waals surface area (Å²) in [4.78, 5) is 23.0. The first-order valence-corrected chi connectivity index (χ1v) is 10.6. The van der Waals surface area contributed by atoms with Crippen molar-refractivity contribution < 1.29 is 4.79 Å². The number of anilines is 1. The Morgan fingerprint density at radius 1 is 1.15 bits per heavy atom. The maximum atomic E-state index is 13.6. The Labute approximate surface area is 162 Å². The van der Waals surface area contributed by atoms with Gasteiger partial charge in [0.25, 0.3) is 5.91 Å². The molecule has 0 N–H and O–H groups in total. The minimum Gasteiger partial charge on any atom is -0.356 e. The molecule has 2 aliphatic heterocycles. The summed E-state index contributed by atoms with van der Waals surface area (Å²) in [5.74, 6) is 1.83. The van der Waals surface area contributed by atoms with Crippen molar-refractivity contribution in [3.05, 3.63) is 35.9 Å². The minimum atomic E-state index is 0.187. The highest BCUT2D eigenvalue weighted by Gasteiger charge is 2.28. The van der Waals surface area contributed by atoms with E-state index < -0.39 is 0 Å². The predicted molar refractivity (Wildman–Crippen MR) is 111 cm³/mol. The van der Waals surface area contributed by atoms with Gasteiger partial charge < -0.3 is 9.80 Å². The lowest BCUT2D eigenvalue weighted by Crippen LogP contribution is -2.43. The van der Waals surface area contributed by atoms with Crippen molar-refractivity contribution in [2.75, 3.05) is 24.5 Å². The van der Waals surface area contributed by atoms with Gasteiger partial charge in [0.1, 0.15) is 5.82 Å². The second-order valence-corrected chi connectivity index (χ2v) is 8.29. The highest BCUT2D eigenvalue weighted by Crippen LogP contribution is 2.29. The molecule has 144 valence electrons. The van der Waals surface area contributed by atoms with Gasteiger partial charge in [0, 0.05) is 31.1 Å². The Kier molecular flexibility index (Phi) is 5.33. The van der Waals surface area contributed by atoms with Crippen LogP contribution < -0.4 is 4.90 Å². The average molecular weight is 366 g/mol. The van der Waals surface area contributed by atoms with Crippen LogP contribution in [-0.2, 0) is 0 Å². The Morgan fingerprint density at radius 2 is 2.00 bits per heavy atom. The molecule has 1 aromatic carbocycles. The molecular formula is C23H31N3O. The fraction of sp³-hybridized carbons (Fsp3) is 0.565. The first-order chi connectivity index (χ1) is 13.2. The van der Waals surface area contributed by atoms with Gasteiger partial charge in [-0.25, -0.2) is 4.98 Å². The van der Waals surface area contributed by atoms with Gasteiger partial charge in [0.05, 0.1) is 11.1 Å². The maximum Gasteiger partial charge on any atom is 0.254 e. The Hall–Kier alpha value is -2.10. The summed E-state index contributed by atoms with van der Waals surface area (Å²) in [5.41, 5.74) is 1.76. The second kappa shape index (κ2) is 7.87. The molecule has 0 unspecified atom stereocenters. The van der Waals surface area contributed by atoms with Crippen molar-refractivity contribution in [1.82, 2.24) is 9.88 Å². The molecule has 2 aliphatic rings. The zero-order chi connectivity index (χ0) is 18.8. The van der Waals surface area contributed by atoms with Gasteiger partial charge >= 0.3 is 0 Å². The number of piperidine rings is 2. The molecule has 0 saturated carbocycles. The van der Waals surface area contributed by atoms with E-state index in [2.05, 4.69) is 29.7 Å². The standard InChI is InChI=1S/C23H31N3O/c1-3-18-10-6-7-14-26(18)23(27)20-15-22(25-13-8-9-17(2)16-25)24-21-12-5-4-11-19(20)21/h4-5,11-12,15,17-18H,3,6-10,13-14,16H2,1-2H3/t17-,18-/m0/s1. The molecule has 2 atom stereocenters. The van der Waals surface area contributed by atoms with Gasteiger partial charge in [-0.15, -0.1) is 0 Å². The molecule has 0 aliphatic carbocycles. The molecule has 3 heterocycles. The van der Waals surface area contributed by atoms with Crippen molar-refractivity contribution in [2.24, 2.45) is 5.92 Å². The molecule has 1 aromatic heterocycles. The fourth-order valence-corrected chi connectivity index (χ4v) is 4.74. The molecule has 0 radical (unpaired) electrons. The normalized spacial score (nSPS) is 23.6. The topological polar surface area (TPSA) is 36.4 Å². The zero-order valence-electron chi connectivity index (χ0n) is 16.7. The number of benzene rings is 1. The molecule has 0 bridgehead atoms. The first kappa shape index (κ1) is 18.3. The van der Waals surface area contributed by atoms with E-state index in [1.807, 2.05) is 24.3 Å². The lowest BCUT2D eigenvalue weighted by Gasteiger charge is -2.36. The number of carbonyl (C=O) groups is 1. The van der Waals surface area contributed by atoms with Crippen LogP contribution in [0.15, 0.2) is 30.3 Å². The number of hydrogen-bond donors (Lipinski definition) is 0. The highest BCUT2D eigenvalue weighted by molar-refractivity contribution is 6.07. The summed E-state index contributed by atoms with van der Waals surface area (Å²) in [5, 5.41) is 0.983. The van der Waals surface area contributed by atoms with Crippen molar-refractivity contribution in [1.29, 1.82) is 0 Å². The summed E-state index contributed by atoms with van der Waals surface area (Å²) in [6.07, 6.45) is 6.98. The summed E-state index contributed by atoms with van der Waals surface area (Å²) in [6, 6.07) is 10.5. The minimum absolute atomic E-state index is 0.187. The van der Waals surface area contributed by atoms with Crippen LogP contribution in [-0.4, -0.2) is 41.5 Å². The number of likely N-dealkylation sites (tertiary alicyclic amines) is 1. The van der Waals surface area contributed by atoms with Crippen LogP contribution >= 0.6 is 0 Å². The average Bonchev–Trinajstić information content (AvgIpc) is 2.72. The van der Waals surface area contributed by atoms with Crippen LogP contribution in [0.4, 0.5) is 5.82 Å². The molecule has 27 heavy (non-hydrogen) atoms. The molecule has 0 spiro atoms. The summed E-state index contributed by atoms with van der Waals surface area (Å²) in [6.45, 7) is 7.44. The molecule has 1 amide bonds. The van der Waals surface area contributed by atoms with Gasteiger partial charge in [-0.1, -0.05) is 32.0 Å². The van der Waals surface area contributed by atoms with Gasteiger partial charge in [-0.3, -0.25) is 4.79 Å². The van der Waals surface area contributed by atoms with E-state index in [1.54, 1.807) is 0 Å². The predicted octanol–water partition coefficient (Wildman–Crippen LogP) is 4.88. The van der Waals surface area contributed by atoms with Gasteiger partial charge in [0.2, 0.25) is 0 Å². The van der Waals surface area contributed by atoms with Crippen molar-refractivity contribution in [3.8, 4) is 0 Å². The van der Waals surface area contributed by atoms with Crippen LogP contribution in [0.3, 0.4) is 0 Å². The highest BCUT2D eigenvalue weighted by atomic mass is 16.2. The van der Waals surface area contributed by atoms with Gasteiger partial charge in [-0.05, 0) is 56.6 Å². The van der Waals surface area contributed by atoms with E-state index >= 15 is 0 Å². The molecule has 4 nitrogen and oxygen atoms in total. The SMILES string of the molecule is CC[C@H]1CCCCN1C(=O)c1cc(N2CCC[C@H](C)C2)nc2ccccc12. The Morgan fingerprint density at radius 3 is 2.81 bits per heavy atom. The molecular weight excluding hydrogens is 334 g/mol. The summed E-state index contributed by atoms with van der Waals surface area (Å²) in [7, 11) is 0.